The highest BCUT2D eigenvalue weighted by Crippen LogP contribution is 2.20. The van der Waals surface area contributed by atoms with E-state index in [1.807, 2.05) is 37.3 Å². The van der Waals surface area contributed by atoms with Crippen LogP contribution in [0.25, 0.3) is 0 Å². The molecule has 0 aliphatic heterocycles. The van der Waals surface area contributed by atoms with Crippen molar-refractivity contribution in [1.29, 1.82) is 5.26 Å². The maximum absolute atomic E-state index is 12.5. The van der Waals surface area contributed by atoms with Crippen molar-refractivity contribution in [2.75, 3.05) is 7.05 Å². The van der Waals surface area contributed by atoms with Crippen LogP contribution in [-0.2, 0) is 4.79 Å². The third-order valence-electron chi connectivity index (χ3n) is 3.85. The average Bonchev–Trinajstić information content (AvgIpc) is 2.61. The summed E-state index contributed by atoms with van der Waals surface area (Å²) in [6.07, 6.45) is -0.598. The van der Waals surface area contributed by atoms with Gasteiger partial charge in [0.15, 0.2) is 6.10 Å². The Hall–Kier alpha value is -2.80. The Bertz CT molecular complexity index is 690. The highest BCUT2D eigenvalue weighted by atomic mass is 16.5. The number of rotatable bonds is 5. The van der Waals surface area contributed by atoms with Crippen molar-refractivity contribution in [3.63, 3.8) is 0 Å². The van der Waals surface area contributed by atoms with E-state index in [2.05, 4.69) is 6.07 Å². The number of carbonyl (C=O) groups excluding carboxylic acids is 1. The van der Waals surface area contributed by atoms with Gasteiger partial charge in [-0.05, 0) is 43.7 Å². The molecule has 2 unspecified atom stereocenters. The normalized spacial score (nSPS) is 12.8. The second-order valence-corrected chi connectivity index (χ2v) is 5.43. The second-order valence-electron chi connectivity index (χ2n) is 5.43. The maximum atomic E-state index is 12.5. The van der Waals surface area contributed by atoms with Crippen molar-refractivity contribution >= 4 is 5.91 Å². The molecule has 4 heteroatoms. The van der Waals surface area contributed by atoms with Gasteiger partial charge in [0.05, 0.1) is 17.7 Å². The molecule has 23 heavy (non-hydrogen) atoms. The van der Waals surface area contributed by atoms with Crippen LogP contribution in [0, 0.1) is 11.3 Å². The summed E-state index contributed by atoms with van der Waals surface area (Å²) >= 11 is 0. The van der Waals surface area contributed by atoms with Gasteiger partial charge in [-0.1, -0.05) is 30.3 Å². The Morgan fingerprint density at radius 2 is 1.70 bits per heavy atom. The Balaban J connectivity index is 2.02. The van der Waals surface area contributed by atoms with Crippen molar-refractivity contribution in [2.24, 2.45) is 0 Å². The third kappa shape index (κ3) is 4.10. The van der Waals surface area contributed by atoms with Crippen LogP contribution in [0.5, 0.6) is 5.75 Å². The molecule has 0 spiro atoms. The summed E-state index contributed by atoms with van der Waals surface area (Å²) in [4.78, 5) is 14.2. The summed E-state index contributed by atoms with van der Waals surface area (Å²) in [5, 5.41) is 8.79. The van der Waals surface area contributed by atoms with Gasteiger partial charge in [-0.15, -0.1) is 0 Å². The van der Waals surface area contributed by atoms with E-state index >= 15 is 0 Å². The summed E-state index contributed by atoms with van der Waals surface area (Å²) in [6, 6.07) is 18.6. The lowest BCUT2D eigenvalue weighted by Gasteiger charge is -2.28. The first-order chi connectivity index (χ1) is 11.0. The predicted molar refractivity (Wildman–Crippen MR) is 88.9 cm³/mol. The molecule has 0 bridgehead atoms. The first kappa shape index (κ1) is 16.6. The maximum Gasteiger partial charge on any atom is 0.263 e. The number of nitriles is 1. The molecule has 2 atom stereocenters. The molecule has 2 aromatic rings. The largest absolute Gasteiger partial charge is 0.481 e. The van der Waals surface area contributed by atoms with Crippen LogP contribution < -0.4 is 4.74 Å². The van der Waals surface area contributed by atoms with Gasteiger partial charge in [0.1, 0.15) is 5.75 Å². The quantitative estimate of drug-likeness (QED) is 0.849. The van der Waals surface area contributed by atoms with E-state index in [9.17, 15) is 4.79 Å². The summed E-state index contributed by atoms with van der Waals surface area (Å²) < 4.78 is 5.68. The van der Waals surface area contributed by atoms with E-state index in [1.165, 1.54) is 0 Å². The number of likely N-dealkylation sites (N-methyl/N-ethyl adjacent to an activating group) is 1. The molecule has 4 nitrogen and oxygen atoms in total. The van der Waals surface area contributed by atoms with Crippen molar-refractivity contribution in [2.45, 2.75) is 26.0 Å². The molecule has 0 aromatic heterocycles. The molecule has 2 rings (SSSR count). The van der Waals surface area contributed by atoms with E-state index in [1.54, 1.807) is 43.1 Å². The molecular formula is C19H20N2O2. The molecule has 0 aliphatic rings. The smallest absolute Gasteiger partial charge is 0.263 e. The minimum atomic E-state index is -0.598. The number of ether oxygens (including phenoxy) is 1. The third-order valence-corrected chi connectivity index (χ3v) is 3.85. The number of hydrogen-bond donors (Lipinski definition) is 0. The number of benzene rings is 2. The van der Waals surface area contributed by atoms with Gasteiger partial charge in [0.2, 0.25) is 0 Å². The summed E-state index contributed by atoms with van der Waals surface area (Å²) in [5.41, 5.74) is 1.64. The SMILES string of the molecule is CC(Oc1ccc(C#N)cc1)C(=O)N(C)C(C)c1ccccc1. The van der Waals surface area contributed by atoms with Crippen LogP contribution in [0.3, 0.4) is 0 Å². The molecule has 0 radical (unpaired) electrons. The van der Waals surface area contributed by atoms with Crippen LogP contribution in [0.2, 0.25) is 0 Å². The molecule has 0 fully saturated rings. The minimum absolute atomic E-state index is 0.0317. The molecule has 0 saturated carbocycles. The molecule has 118 valence electrons. The van der Waals surface area contributed by atoms with Crippen LogP contribution in [0.4, 0.5) is 0 Å². The summed E-state index contributed by atoms with van der Waals surface area (Å²) in [6.45, 7) is 3.72. The molecule has 0 heterocycles. The zero-order valence-electron chi connectivity index (χ0n) is 13.6. The zero-order chi connectivity index (χ0) is 16.8. The van der Waals surface area contributed by atoms with Gasteiger partial charge in [0, 0.05) is 7.05 Å². The lowest BCUT2D eigenvalue weighted by molar-refractivity contribution is -0.138. The Morgan fingerprint density at radius 3 is 2.26 bits per heavy atom. The molecule has 0 aliphatic carbocycles. The van der Waals surface area contributed by atoms with Gasteiger partial charge >= 0.3 is 0 Å². The lowest BCUT2D eigenvalue weighted by Crippen LogP contribution is -2.39. The monoisotopic (exact) mass is 308 g/mol. The fourth-order valence-electron chi connectivity index (χ4n) is 2.30. The number of carbonyl (C=O) groups is 1. The van der Waals surface area contributed by atoms with E-state index < -0.39 is 6.10 Å². The number of amides is 1. The van der Waals surface area contributed by atoms with Crippen molar-refractivity contribution in [3.8, 4) is 11.8 Å². The standard InChI is InChI=1S/C19H20N2O2/c1-14(17-7-5-4-6-8-17)21(3)19(22)15(2)23-18-11-9-16(13-20)10-12-18/h4-12,14-15H,1-3H3. The van der Waals surface area contributed by atoms with Gasteiger partial charge in [0.25, 0.3) is 5.91 Å². The van der Waals surface area contributed by atoms with Gasteiger partial charge in [-0.3, -0.25) is 4.79 Å². The molecule has 0 N–H and O–H groups in total. The molecular weight excluding hydrogens is 288 g/mol. The van der Waals surface area contributed by atoms with Crippen molar-refractivity contribution in [3.05, 3.63) is 65.7 Å². The van der Waals surface area contributed by atoms with Gasteiger partial charge in [-0.25, -0.2) is 0 Å². The zero-order valence-corrected chi connectivity index (χ0v) is 13.6. The van der Waals surface area contributed by atoms with Gasteiger partial charge < -0.3 is 9.64 Å². The molecule has 2 aromatic carbocycles. The van der Waals surface area contributed by atoms with E-state index in [0.717, 1.165) is 5.56 Å². The van der Waals surface area contributed by atoms with E-state index in [-0.39, 0.29) is 11.9 Å². The highest BCUT2D eigenvalue weighted by Gasteiger charge is 2.23. The fraction of sp³-hybridized carbons (Fsp3) is 0.263. The first-order valence-electron chi connectivity index (χ1n) is 7.51. The van der Waals surface area contributed by atoms with Crippen LogP contribution in [0.15, 0.2) is 54.6 Å². The van der Waals surface area contributed by atoms with Crippen molar-refractivity contribution in [1.82, 2.24) is 4.90 Å². The van der Waals surface area contributed by atoms with Crippen LogP contribution >= 0.6 is 0 Å². The number of nitrogens with zero attached hydrogens (tertiary/aromatic N) is 2. The second kappa shape index (κ2) is 7.46. The average molecular weight is 308 g/mol. The van der Waals surface area contributed by atoms with Crippen LogP contribution in [-0.4, -0.2) is 24.0 Å². The fourth-order valence-corrected chi connectivity index (χ4v) is 2.30. The highest BCUT2D eigenvalue weighted by molar-refractivity contribution is 5.81. The topological polar surface area (TPSA) is 53.3 Å². The first-order valence-corrected chi connectivity index (χ1v) is 7.51. The summed E-state index contributed by atoms with van der Waals surface area (Å²) in [7, 11) is 1.78. The summed E-state index contributed by atoms with van der Waals surface area (Å²) in [5.74, 6) is 0.483. The minimum Gasteiger partial charge on any atom is -0.481 e. The number of hydrogen-bond acceptors (Lipinski definition) is 3. The Morgan fingerprint density at radius 1 is 1.09 bits per heavy atom. The van der Waals surface area contributed by atoms with Crippen LogP contribution in [0.1, 0.15) is 31.0 Å². The molecule has 1 amide bonds. The predicted octanol–water partition coefficient (Wildman–Crippen LogP) is 3.55. The lowest BCUT2D eigenvalue weighted by atomic mass is 10.1. The molecule has 0 saturated heterocycles. The van der Waals surface area contributed by atoms with E-state index in [0.29, 0.717) is 11.3 Å². The Labute approximate surface area is 136 Å². The van der Waals surface area contributed by atoms with E-state index in [4.69, 9.17) is 10.00 Å². The Kier molecular flexibility index (Phi) is 5.37. The van der Waals surface area contributed by atoms with Gasteiger partial charge in [-0.2, -0.15) is 5.26 Å². The van der Waals surface area contributed by atoms with Crippen molar-refractivity contribution < 1.29 is 9.53 Å².